The van der Waals surface area contributed by atoms with E-state index in [1.54, 1.807) is 12.5 Å². The zero-order chi connectivity index (χ0) is 12.8. The van der Waals surface area contributed by atoms with Crippen molar-refractivity contribution in [1.82, 2.24) is 9.55 Å². The number of aromatic nitrogens is 2. The topological polar surface area (TPSA) is 44.1 Å². The highest BCUT2D eigenvalue weighted by atomic mass is 16.5. The number of carbonyl (C=O) groups is 1. The van der Waals surface area contributed by atoms with E-state index in [0.29, 0.717) is 13.2 Å². The Bertz CT molecular complexity index is 480. The Morgan fingerprint density at radius 3 is 2.83 bits per heavy atom. The second kappa shape index (κ2) is 6.00. The summed E-state index contributed by atoms with van der Waals surface area (Å²) in [4.78, 5) is 15.7. The molecule has 2 aromatic rings. The van der Waals surface area contributed by atoms with Crippen molar-refractivity contribution in [2.45, 2.75) is 20.1 Å². The zero-order valence-electron chi connectivity index (χ0n) is 10.3. The van der Waals surface area contributed by atoms with Gasteiger partial charge < -0.3 is 9.30 Å². The van der Waals surface area contributed by atoms with Gasteiger partial charge in [-0.25, -0.2) is 4.98 Å². The smallest absolute Gasteiger partial charge is 0.310 e. The molecule has 1 unspecified atom stereocenters. The number of hydrogen-bond donors (Lipinski definition) is 0. The number of benzene rings is 1. The van der Waals surface area contributed by atoms with Crippen LogP contribution in [-0.2, 0) is 22.7 Å². The first-order valence-corrected chi connectivity index (χ1v) is 5.92. The molecule has 1 heterocycles. The lowest BCUT2D eigenvalue weighted by molar-refractivity contribution is -0.149. The molecule has 0 amide bonds. The summed E-state index contributed by atoms with van der Waals surface area (Å²) in [5, 5.41) is 0. The maximum atomic E-state index is 11.8. The van der Waals surface area contributed by atoms with E-state index in [1.807, 2.05) is 48.0 Å². The third kappa shape index (κ3) is 3.45. The van der Waals surface area contributed by atoms with E-state index < -0.39 is 0 Å². The summed E-state index contributed by atoms with van der Waals surface area (Å²) in [7, 11) is 0. The van der Waals surface area contributed by atoms with Crippen molar-refractivity contribution in [2.24, 2.45) is 5.92 Å². The van der Waals surface area contributed by atoms with Crippen molar-refractivity contribution >= 4 is 5.97 Å². The fourth-order valence-corrected chi connectivity index (χ4v) is 1.66. The lowest BCUT2D eigenvalue weighted by Crippen LogP contribution is -2.19. The summed E-state index contributed by atoms with van der Waals surface area (Å²) in [6.45, 7) is 2.77. The quantitative estimate of drug-likeness (QED) is 0.758. The average molecular weight is 244 g/mol. The third-order valence-corrected chi connectivity index (χ3v) is 2.67. The maximum Gasteiger partial charge on any atom is 0.310 e. The molecule has 2 rings (SSSR count). The molecule has 1 aromatic carbocycles. The molecular formula is C14H16N2O2. The molecule has 0 radical (unpaired) electrons. The third-order valence-electron chi connectivity index (χ3n) is 2.67. The molecule has 0 aliphatic heterocycles. The van der Waals surface area contributed by atoms with Crippen LogP contribution in [0.1, 0.15) is 12.5 Å². The second-order valence-corrected chi connectivity index (χ2v) is 4.25. The van der Waals surface area contributed by atoms with Gasteiger partial charge in [0.2, 0.25) is 0 Å². The van der Waals surface area contributed by atoms with E-state index in [0.717, 1.165) is 5.56 Å². The highest BCUT2D eigenvalue weighted by Crippen LogP contribution is 2.07. The first-order chi connectivity index (χ1) is 8.75. The number of ether oxygens (including phenoxy) is 1. The van der Waals surface area contributed by atoms with Crippen molar-refractivity contribution in [3.63, 3.8) is 0 Å². The van der Waals surface area contributed by atoms with Gasteiger partial charge >= 0.3 is 5.97 Å². The molecule has 94 valence electrons. The minimum atomic E-state index is -0.187. The van der Waals surface area contributed by atoms with Crippen LogP contribution >= 0.6 is 0 Å². The van der Waals surface area contributed by atoms with Gasteiger partial charge in [0.1, 0.15) is 6.61 Å². The van der Waals surface area contributed by atoms with Crippen LogP contribution in [0, 0.1) is 5.92 Å². The normalized spacial score (nSPS) is 12.1. The summed E-state index contributed by atoms with van der Waals surface area (Å²) < 4.78 is 7.14. The number of esters is 1. The van der Waals surface area contributed by atoms with Crippen molar-refractivity contribution in [2.75, 3.05) is 0 Å². The van der Waals surface area contributed by atoms with Crippen molar-refractivity contribution < 1.29 is 9.53 Å². The number of carbonyl (C=O) groups excluding carboxylic acids is 1. The molecule has 4 heteroatoms. The van der Waals surface area contributed by atoms with Gasteiger partial charge in [-0.15, -0.1) is 0 Å². The van der Waals surface area contributed by atoms with Crippen LogP contribution in [0.4, 0.5) is 0 Å². The van der Waals surface area contributed by atoms with Crippen molar-refractivity contribution in [1.29, 1.82) is 0 Å². The van der Waals surface area contributed by atoms with Crippen LogP contribution in [0.25, 0.3) is 0 Å². The lowest BCUT2D eigenvalue weighted by Gasteiger charge is -2.11. The molecule has 0 N–H and O–H groups in total. The van der Waals surface area contributed by atoms with E-state index in [1.165, 1.54) is 0 Å². The Morgan fingerprint density at radius 1 is 1.39 bits per heavy atom. The van der Waals surface area contributed by atoms with Crippen molar-refractivity contribution in [3.8, 4) is 0 Å². The van der Waals surface area contributed by atoms with E-state index in [2.05, 4.69) is 4.98 Å². The summed E-state index contributed by atoms with van der Waals surface area (Å²) in [6.07, 6.45) is 5.23. The fourth-order valence-electron chi connectivity index (χ4n) is 1.66. The molecular weight excluding hydrogens is 228 g/mol. The molecule has 0 aliphatic rings. The monoisotopic (exact) mass is 244 g/mol. The summed E-state index contributed by atoms with van der Waals surface area (Å²) in [5.41, 5.74) is 1.00. The maximum absolute atomic E-state index is 11.8. The molecule has 0 saturated heterocycles. The first kappa shape index (κ1) is 12.4. The molecule has 0 spiro atoms. The van der Waals surface area contributed by atoms with E-state index in [4.69, 9.17) is 4.74 Å². The summed E-state index contributed by atoms with van der Waals surface area (Å²) in [5.74, 6) is -0.365. The molecule has 4 nitrogen and oxygen atoms in total. The van der Waals surface area contributed by atoms with Gasteiger partial charge in [-0.3, -0.25) is 4.79 Å². The van der Waals surface area contributed by atoms with Gasteiger partial charge in [0.15, 0.2) is 0 Å². The van der Waals surface area contributed by atoms with Crippen LogP contribution in [0.3, 0.4) is 0 Å². The minimum Gasteiger partial charge on any atom is -0.461 e. The Morgan fingerprint density at radius 2 is 2.17 bits per heavy atom. The fraction of sp³-hybridized carbons (Fsp3) is 0.286. The summed E-state index contributed by atoms with van der Waals surface area (Å²) in [6, 6.07) is 9.67. The predicted molar refractivity (Wildman–Crippen MR) is 67.6 cm³/mol. The molecule has 1 aromatic heterocycles. The van der Waals surface area contributed by atoms with Gasteiger partial charge in [0.25, 0.3) is 0 Å². The first-order valence-electron chi connectivity index (χ1n) is 5.92. The number of hydrogen-bond acceptors (Lipinski definition) is 3. The minimum absolute atomic E-state index is 0.178. The number of rotatable bonds is 5. The van der Waals surface area contributed by atoms with Crippen LogP contribution in [0.15, 0.2) is 49.1 Å². The van der Waals surface area contributed by atoms with Crippen LogP contribution in [-0.4, -0.2) is 15.5 Å². The Hall–Kier alpha value is -2.10. The lowest BCUT2D eigenvalue weighted by atomic mass is 10.2. The largest absolute Gasteiger partial charge is 0.461 e. The molecule has 18 heavy (non-hydrogen) atoms. The average Bonchev–Trinajstić information content (AvgIpc) is 2.90. The van der Waals surface area contributed by atoms with Gasteiger partial charge in [-0.2, -0.15) is 0 Å². The van der Waals surface area contributed by atoms with E-state index in [9.17, 15) is 4.79 Å². The summed E-state index contributed by atoms with van der Waals surface area (Å²) >= 11 is 0. The predicted octanol–water partition coefficient (Wildman–Crippen LogP) is 2.26. The van der Waals surface area contributed by atoms with Crippen molar-refractivity contribution in [3.05, 3.63) is 54.6 Å². The van der Waals surface area contributed by atoms with Gasteiger partial charge in [0.05, 0.1) is 12.2 Å². The number of imidazole rings is 1. The van der Waals surface area contributed by atoms with Crippen LogP contribution in [0.2, 0.25) is 0 Å². The van der Waals surface area contributed by atoms with E-state index in [-0.39, 0.29) is 11.9 Å². The van der Waals surface area contributed by atoms with Crippen LogP contribution < -0.4 is 0 Å². The standard InChI is InChI=1S/C14H16N2O2/c1-12(9-16-8-7-15-11-16)14(17)18-10-13-5-3-2-4-6-13/h2-8,11-12H,9-10H2,1H3. The zero-order valence-corrected chi connectivity index (χ0v) is 10.3. The molecule has 0 saturated carbocycles. The molecule has 0 bridgehead atoms. The van der Waals surface area contributed by atoms with Crippen LogP contribution in [0.5, 0.6) is 0 Å². The molecule has 1 atom stereocenters. The van der Waals surface area contributed by atoms with E-state index >= 15 is 0 Å². The molecule has 0 aliphatic carbocycles. The highest BCUT2D eigenvalue weighted by Gasteiger charge is 2.14. The number of nitrogens with zero attached hydrogens (tertiary/aromatic N) is 2. The van der Waals surface area contributed by atoms with Gasteiger partial charge in [-0.1, -0.05) is 37.3 Å². The van der Waals surface area contributed by atoms with Gasteiger partial charge in [-0.05, 0) is 5.56 Å². The SMILES string of the molecule is CC(Cn1ccnc1)C(=O)OCc1ccccc1. The second-order valence-electron chi connectivity index (χ2n) is 4.25. The van der Waals surface area contributed by atoms with Gasteiger partial charge in [0, 0.05) is 18.9 Å². The highest BCUT2D eigenvalue weighted by molar-refractivity contribution is 5.71. The Balaban J connectivity index is 1.81. The Kier molecular flexibility index (Phi) is 4.12. The molecule has 0 fully saturated rings. The Labute approximate surface area is 106 Å².